The highest BCUT2D eigenvalue weighted by Crippen LogP contribution is 2.35. The molecule has 7 heteroatoms. The number of nitrogens with zero attached hydrogens (tertiary/aromatic N) is 2. The summed E-state index contributed by atoms with van der Waals surface area (Å²) in [5.41, 5.74) is 2.07. The van der Waals surface area contributed by atoms with Crippen molar-refractivity contribution in [3.05, 3.63) is 62.2 Å². The lowest BCUT2D eigenvalue weighted by Crippen LogP contribution is -2.36. The Balaban J connectivity index is 1.79. The van der Waals surface area contributed by atoms with E-state index in [9.17, 15) is 15.3 Å². The predicted octanol–water partition coefficient (Wildman–Crippen LogP) is 5.11. The number of ether oxygens (including phenoxy) is 2. The number of halogens is 1. The Labute approximate surface area is 202 Å². The van der Waals surface area contributed by atoms with Gasteiger partial charge in [-0.25, -0.2) is 0 Å². The number of benzene rings is 2. The van der Waals surface area contributed by atoms with Crippen LogP contribution in [0.4, 0.5) is 0 Å². The fraction of sp³-hybridized carbons (Fsp3) is 0.320. The van der Waals surface area contributed by atoms with Crippen LogP contribution in [0.5, 0.6) is 11.5 Å². The van der Waals surface area contributed by atoms with Crippen LogP contribution in [-0.4, -0.2) is 19.1 Å². The summed E-state index contributed by atoms with van der Waals surface area (Å²) in [7, 11) is 1.54. The van der Waals surface area contributed by atoms with Crippen molar-refractivity contribution in [1.82, 2.24) is 5.32 Å². The zero-order valence-electron chi connectivity index (χ0n) is 17.9. The summed E-state index contributed by atoms with van der Waals surface area (Å²) in [6, 6.07) is 15.1. The highest BCUT2D eigenvalue weighted by molar-refractivity contribution is 14.1. The van der Waals surface area contributed by atoms with Gasteiger partial charge >= 0.3 is 0 Å². The second-order valence-corrected chi connectivity index (χ2v) is 8.73. The Bertz CT molecular complexity index is 1090. The number of carbonyl (C=O) groups is 1. The molecule has 2 aromatic rings. The molecule has 0 unspecified atom stereocenters. The van der Waals surface area contributed by atoms with Crippen molar-refractivity contribution in [3.63, 3.8) is 0 Å². The first-order chi connectivity index (χ1) is 15.5. The Morgan fingerprint density at radius 3 is 2.66 bits per heavy atom. The Kier molecular flexibility index (Phi) is 8.52. The molecule has 32 heavy (non-hydrogen) atoms. The largest absolute Gasteiger partial charge is 0.493 e. The van der Waals surface area contributed by atoms with Crippen molar-refractivity contribution in [1.29, 1.82) is 10.5 Å². The number of hydrogen-bond donors (Lipinski definition) is 1. The normalized spacial score (nSPS) is 14.2. The van der Waals surface area contributed by atoms with Crippen LogP contribution < -0.4 is 14.8 Å². The number of hydrogen-bond acceptors (Lipinski definition) is 5. The van der Waals surface area contributed by atoms with Gasteiger partial charge in [0.05, 0.1) is 22.3 Å². The first kappa shape index (κ1) is 23.6. The summed E-state index contributed by atoms with van der Waals surface area (Å²) in [5, 5.41) is 21.8. The van der Waals surface area contributed by atoms with Crippen LogP contribution in [0.1, 0.15) is 48.8 Å². The molecule has 0 aliphatic heterocycles. The summed E-state index contributed by atoms with van der Waals surface area (Å²) >= 11 is 2.13. The van der Waals surface area contributed by atoms with Crippen LogP contribution >= 0.6 is 22.6 Å². The van der Waals surface area contributed by atoms with Crippen LogP contribution in [0.15, 0.2) is 42.0 Å². The Morgan fingerprint density at radius 2 is 1.97 bits per heavy atom. The third kappa shape index (κ3) is 6.02. The Morgan fingerprint density at radius 1 is 1.22 bits per heavy atom. The van der Waals surface area contributed by atoms with Crippen molar-refractivity contribution < 1.29 is 14.3 Å². The maximum Gasteiger partial charge on any atom is 0.262 e. The molecule has 0 heterocycles. The lowest BCUT2D eigenvalue weighted by atomic mass is 9.95. The number of carbonyl (C=O) groups excluding carboxylic acids is 1. The highest BCUT2D eigenvalue weighted by Gasteiger charge is 2.19. The summed E-state index contributed by atoms with van der Waals surface area (Å²) in [5.74, 6) is 0.688. The highest BCUT2D eigenvalue weighted by atomic mass is 127. The number of amides is 1. The molecule has 164 valence electrons. The second kappa shape index (κ2) is 11.5. The van der Waals surface area contributed by atoms with Gasteiger partial charge in [-0.3, -0.25) is 4.79 Å². The summed E-state index contributed by atoms with van der Waals surface area (Å²) in [6.45, 7) is 0.221. The van der Waals surface area contributed by atoms with E-state index in [0.717, 1.165) is 34.8 Å². The maximum absolute atomic E-state index is 12.6. The molecule has 3 rings (SSSR count). The summed E-state index contributed by atoms with van der Waals surface area (Å²) in [6.07, 6.45) is 6.88. The zero-order chi connectivity index (χ0) is 22.9. The first-order valence-corrected chi connectivity index (χ1v) is 11.5. The van der Waals surface area contributed by atoms with E-state index in [1.54, 1.807) is 18.2 Å². The minimum Gasteiger partial charge on any atom is -0.493 e. The molecule has 0 saturated heterocycles. The van der Waals surface area contributed by atoms with E-state index in [4.69, 9.17) is 9.47 Å². The van der Waals surface area contributed by atoms with Gasteiger partial charge in [-0.2, -0.15) is 10.5 Å². The standard InChI is InChI=1S/C25H24IN3O3/c1-31-23-13-17(11-20(15-28)25(30)29-21-9-3-2-4-10-21)12-22(26)24(23)32-16-19-8-6-5-7-18(19)14-27/h5-8,11-13,21H,2-4,9-10,16H2,1H3,(H,29,30)/b20-11+. The fourth-order valence-electron chi connectivity index (χ4n) is 3.69. The molecule has 1 aliphatic rings. The van der Waals surface area contributed by atoms with Crippen LogP contribution in [0, 0.1) is 26.2 Å². The fourth-order valence-corrected chi connectivity index (χ4v) is 4.47. The molecule has 1 saturated carbocycles. The number of rotatable bonds is 7. The topological polar surface area (TPSA) is 95.1 Å². The van der Waals surface area contributed by atoms with Gasteiger partial charge in [0, 0.05) is 11.6 Å². The molecule has 1 amide bonds. The molecule has 2 aromatic carbocycles. The van der Waals surface area contributed by atoms with Gasteiger partial charge in [0.25, 0.3) is 5.91 Å². The van der Waals surface area contributed by atoms with Gasteiger partial charge in [-0.15, -0.1) is 0 Å². The van der Waals surface area contributed by atoms with Crippen LogP contribution in [0.2, 0.25) is 0 Å². The number of nitriles is 2. The van der Waals surface area contributed by atoms with E-state index in [1.165, 1.54) is 13.5 Å². The second-order valence-electron chi connectivity index (χ2n) is 7.57. The molecular weight excluding hydrogens is 517 g/mol. The maximum atomic E-state index is 12.6. The van der Waals surface area contributed by atoms with Crippen LogP contribution in [-0.2, 0) is 11.4 Å². The average Bonchev–Trinajstić information content (AvgIpc) is 2.82. The van der Waals surface area contributed by atoms with Gasteiger partial charge in [0.1, 0.15) is 18.2 Å². The predicted molar refractivity (Wildman–Crippen MR) is 130 cm³/mol. The minimum absolute atomic E-state index is 0.0602. The van der Waals surface area contributed by atoms with E-state index < -0.39 is 0 Å². The van der Waals surface area contributed by atoms with E-state index in [-0.39, 0.29) is 24.1 Å². The third-order valence-electron chi connectivity index (χ3n) is 5.38. The molecule has 6 nitrogen and oxygen atoms in total. The number of nitrogens with one attached hydrogen (secondary N) is 1. The molecule has 0 aromatic heterocycles. The van der Waals surface area contributed by atoms with Crippen molar-refractivity contribution in [2.24, 2.45) is 0 Å². The van der Waals surface area contributed by atoms with Gasteiger partial charge in [-0.05, 0) is 65.3 Å². The van der Waals surface area contributed by atoms with Gasteiger partial charge in [0.15, 0.2) is 11.5 Å². The molecule has 0 radical (unpaired) electrons. The van der Waals surface area contributed by atoms with E-state index in [0.29, 0.717) is 22.6 Å². The molecule has 1 fully saturated rings. The van der Waals surface area contributed by atoms with Gasteiger partial charge in [-0.1, -0.05) is 37.5 Å². The average molecular weight is 541 g/mol. The number of methoxy groups -OCH3 is 1. The van der Waals surface area contributed by atoms with E-state index >= 15 is 0 Å². The monoisotopic (exact) mass is 541 g/mol. The molecule has 1 aliphatic carbocycles. The van der Waals surface area contributed by atoms with Crippen molar-refractivity contribution >= 4 is 34.6 Å². The Hall–Kier alpha value is -3.04. The van der Waals surface area contributed by atoms with Crippen molar-refractivity contribution in [2.75, 3.05) is 7.11 Å². The minimum atomic E-state index is -0.346. The molecule has 0 spiro atoms. The van der Waals surface area contributed by atoms with Gasteiger partial charge in [0.2, 0.25) is 0 Å². The SMILES string of the molecule is COc1cc(/C=C(\C#N)C(=O)NC2CCCCC2)cc(I)c1OCc1ccccc1C#N. The third-order valence-corrected chi connectivity index (χ3v) is 6.18. The molecule has 1 N–H and O–H groups in total. The zero-order valence-corrected chi connectivity index (χ0v) is 20.0. The first-order valence-electron chi connectivity index (χ1n) is 10.5. The van der Waals surface area contributed by atoms with Gasteiger partial charge < -0.3 is 14.8 Å². The molecular formula is C25H24IN3O3. The lowest BCUT2D eigenvalue weighted by molar-refractivity contribution is -0.117. The molecule has 0 atom stereocenters. The quantitative estimate of drug-likeness (QED) is 0.299. The van der Waals surface area contributed by atoms with Crippen molar-refractivity contribution in [2.45, 2.75) is 44.8 Å². The smallest absolute Gasteiger partial charge is 0.262 e. The lowest BCUT2D eigenvalue weighted by Gasteiger charge is -2.22. The van der Waals surface area contributed by atoms with Crippen LogP contribution in [0.25, 0.3) is 6.08 Å². The molecule has 0 bridgehead atoms. The van der Waals surface area contributed by atoms with E-state index in [1.807, 2.05) is 30.3 Å². The van der Waals surface area contributed by atoms with E-state index in [2.05, 4.69) is 34.0 Å². The van der Waals surface area contributed by atoms with Crippen LogP contribution in [0.3, 0.4) is 0 Å². The van der Waals surface area contributed by atoms with Crippen molar-refractivity contribution in [3.8, 4) is 23.6 Å². The summed E-state index contributed by atoms with van der Waals surface area (Å²) in [4.78, 5) is 12.6. The summed E-state index contributed by atoms with van der Waals surface area (Å²) < 4.78 is 12.2.